The zero-order valence-corrected chi connectivity index (χ0v) is 15.9. The van der Waals surface area contributed by atoms with Crippen LogP contribution in [0.5, 0.6) is 0 Å². The molecule has 8 nitrogen and oxygen atoms in total. The Bertz CT molecular complexity index is 359. The molecule has 0 aromatic heterocycles. The molecule has 154 valence electrons. The van der Waals surface area contributed by atoms with Gasteiger partial charge in [0.1, 0.15) is 0 Å². The van der Waals surface area contributed by atoms with E-state index in [4.69, 9.17) is 25.2 Å². The summed E-state index contributed by atoms with van der Waals surface area (Å²) in [5, 5.41) is 32.0. The lowest BCUT2D eigenvalue weighted by molar-refractivity contribution is -0.139. The van der Waals surface area contributed by atoms with Gasteiger partial charge in [0.25, 0.3) is 5.97 Å². The molecule has 0 radical (unpaired) electrons. The van der Waals surface area contributed by atoms with Crippen molar-refractivity contribution in [3.63, 3.8) is 0 Å². The zero-order valence-electron chi connectivity index (χ0n) is 15.9. The molecule has 0 aromatic carbocycles. The molecule has 0 saturated heterocycles. The van der Waals surface area contributed by atoms with Gasteiger partial charge >= 0.3 is 17.9 Å². The molecule has 8 heteroatoms. The summed E-state index contributed by atoms with van der Waals surface area (Å²) in [5.74, 6) is -3.24. The number of carbonyl (C=O) groups is 4. The van der Waals surface area contributed by atoms with Crippen molar-refractivity contribution in [2.45, 2.75) is 90.9 Å². The van der Waals surface area contributed by atoms with Gasteiger partial charge in [0.05, 0.1) is 0 Å². The summed E-state index contributed by atoms with van der Waals surface area (Å²) >= 11 is 0. The standard InChI is InChI=1S/C10H20O2.C6H10O4.C2H4O2/c1-2-3-4-5-6-7-8-9-10(11)12;7-5(8)3-1-2-4-6(9)10;1-2(3)4/h2-9H2,1H3,(H,11,12);1-4H2,(H,7,8)(H,9,10);1H3,(H,3,4). The lowest BCUT2D eigenvalue weighted by Crippen LogP contribution is -1.97. The Labute approximate surface area is 155 Å². The highest BCUT2D eigenvalue weighted by atomic mass is 16.4. The van der Waals surface area contributed by atoms with Gasteiger partial charge < -0.3 is 20.4 Å². The SMILES string of the molecule is CC(=O)O.CCCCCCCCCC(=O)O.O=C(O)CCCCC(=O)O. The number of aliphatic carboxylic acids is 4. The van der Waals surface area contributed by atoms with Crippen LogP contribution in [0, 0.1) is 0 Å². The molecule has 0 spiro atoms. The van der Waals surface area contributed by atoms with Gasteiger partial charge in [-0.25, -0.2) is 0 Å². The van der Waals surface area contributed by atoms with Crippen molar-refractivity contribution in [3.05, 3.63) is 0 Å². The van der Waals surface area contributed by atoms with Crippen molar-refractivity contribution in [2.24, 2.45) is 0 Å². The van der Waals surface area contributed by atoms with Crippen LogP contribution in [-0.4, -0.2) is 44.3 Å². The van der Waals surface area contributed by atoms with E-state index in [1.807, 2.05) is 0 Å². The highest BCUT2D eigenvalue weighted by Crippen LogP contribution is 2.07. The summed E-state index contributed by atoms with van der Waals surface area (Å²) in [4.78, 5) is 38.9. The maximum absolute atomic E-state index is 10.1. The third-order valence-electron chi connectivity index (χ3n) is 3.03. The van der Waals surface area contributed by atoms with Gasteiger partial charge in [-0.15, -0.1) is 0 Å². The van der Waals surface area contributed by atoms with Crippen LogP contribution in [-0.2, 0) is 19.2 Å². The highest BCUT2D eigenvalue weighted by molar-refractivity contribution is 5.68. The number of hydrogen-bond donors (Lipinski definition) is 4. The Morgan fingerprint density at radius 1 is 0.538 bits per heavy atom. The predicted molar refractivity (Wildman–Crippen MR) is 97.3 cm³/mol. The Kier molecular flexibility index (Phi) is 25.2. The molecule has 0 aliphatic carbocycles. The average Bonchev–Trinajstić information content (AvgIpc) is 2.50. The van der Waals surface area contributed by atoms with Crippen LogP contribution >= 0.6 is 0 Å². The Balaban J connectivity index is -0.000000341. The summed E-state index contributed by atoms with van der Waals surface area (Å²) in [6, 6.07) is 0. The first-order valence-corrected chi connectivity index (χ1v) is 8.98. The second kappa shape index (κ2) is 22.9. The van der Waals surface area contributed by atoms with Crippen LogP contribution in [0.15, 0.2) is 0 Å². The molecule has 26 heavy (non-hydrogen) atoms. The van der Waals surface area contributed by atoms with Crippen LogP contribution in [0.2, 0.25) is 0 Å². The highest BCUT2D eigenvalue weighted by Gasteiger charge is 1.99. The van der Waals surface area contributed by atoms with Gasteiger partial charge in [0.15, 0.2) is 0 Å². The first-order valence-electron chi connectivity index (χ1n) is 8.98. The van der Waals surface area contributed by atoms with E-state index in [0.29, 0.717) is 19.3 Å². The normalized spacial score (nSPS) is 9.15. The van der Waals surface area contributed by atoms with Crippen molar-refractivity contribution in [2.75, 3.05) is 0 Å². The van der Waals surface area contributed by atoms with E-state index in [9.17, 15) is 14.4 Å². The average molecular weight is 378 g/mol. The van der Waals surface area contributed by atoms with E-state index in [0.717, 1.165) is 19.8 Å². The van der Waals surface area contributed by atoms with Crippen molar-refractivity contribution in [1.29, 1.82) is 0 Å². The number of unbranched alkanes of at least 4 members (excludes halogenated alkanes) is 7. The Hall–Kier alpha value is -2.12. The van der Waals surface area contributed by atoms with Crippen molar-refractivity contribution in [3.8, 4) is 0 Å². The Morgan fingerprint density at radius 3 is 1.04 bits per heavy atom. The predicted octanol–water partition coefficient (Wildman–Crippen LogP) is 4.02. The lowest BCUT2D eigenvalue weighted by Gasteiger charge is -1.98. The third kappa shape index (κ3) is 49.5. The van der Waals surface area contributed by atoms with Gasteiger partial charge in [0, 0.05) is 26.2 Å². The van der Waals surface area contributed by atoms with E-state index in [2.05, 4.69) is 6.92 Å². The number of rotatable bonds is 13. The van der Waals surface area contributed by atoms with E-state index < -0.39 is 23.9 Å². The van der Waals surface area contributed by atoms with Crippen molar-refractivity contribution < 1.29 is 39.6 Å². The summed E-state index contributed by atoms with van der Waals surface area (Å²) < 4.78 is 0. The van der Waals surface area contributed by atoms with E-state index in [-0.39, 0.29) is 12.8 Å². The van der Waals surface area contributed by atoms with E-state index >= 15 is 0 Å². The Morgan fingerprint density at radius 2 is 0.769 bits per heavy atom. The van der Waals surface area contributed by atoms with Crippen molar-refractivity contribution >= 4 is 23.9 Å². The van der Waals surface area contributed by atoms with Crippen LogP contribution in [0.25, 0.3) is 0 Å². The zero-order chi connectivity index (χ0) is 20.8. The first kappa shape index (κ1) is 28.7. The number of carboxylic acid groups (broad SMARTS) is 4. The summed E-state index contributed by atoms with van der Waals surface area (Å²) in [5.41, 5.74) is 0. The van der Waals surface area contributed by atoms with Gasteiger partial charge in [-0.3, -0.25) is 19.2 Å². The van der Waals surface area contributed by atoms with Crippen LogP contribution in [0.1, 0.15) is 90.9 Å². The monoisotopic (exact) mass is 378 g/mol. The molecule has 0 heterocycles. The second-order valence-electron chi connectivity index (χ2n) is 5.78. The molecule has 0 aliphatic rings. The second-order valence-corrected chi connectivity index (χ2v) is 5.78. The van der Waals surface area contributed by atoms with Gasteiger partial charge in [0.2, 0.25) is 0 Å². The molecule has 0 aromatic rings. The van der Waals surface area contributed by atoms with Crippen LogP contribution in [0.4, 0.5) is 0 Å². The minimum atomic E-state index is -0.870. The van der Waals surface area contributed by atoms with Gasteiger partial charge in [-0.1, -0.05) is 45.4 Å². The van der Waals surface area contributed by atoms with Crippen LogP contribution in [0.3, 0.4) is 0 Å². The molecule has 0 unspecified atom stereocenters. The molecule has 4 N–H and O–H groups in total. The van der Waals surface area contributed by atoms with E-state index in [1.54, 1.807) is 0 Å². The molecule has 0 aliphatic heterocycles. The molecular formula is C18H34O8. The maximum Gasteiger partial charge on any atom is 0.303 e. The summed E-state index contributed by atoms with van der Waals surface area (Å²) in [7, 11) is 0. The number of hydrogen-bond acceptors (Lipinski definition) is 4. The maximum atomic E-state index is 10.1. The third-order valence-corrected chi connectivity index (χ3v) is 3.03. The molecule has 0 bridgehead atoms. The topological polar surface area (TPSA) is 149 Å². The summed E-state index contributed by atoms with van der Waals surface area (Å²) in [6.45, 7) is 3.28. The molecule has 0 atom stereocenters. The molecule has 0 fully saturated rings. The summed E-state index contributed by atoms with van der Waals surface area (Å²) in [6.07, 6.45) is 9.66. The van der Waals surface area contributed by atoms with Gasteiger partial charge in [-0.2, -0.15) is 0 Å². The van der Waals surface area contributed by atoms with Crippen molar-refractivity contribution in [1.82, 2.24) is 0 Å². The quantitative estimate of drug-likeness (QED) is 0.351. The molecule has 0 saturated carbocycles. The smallest absolute Gasteiger partial charge is 0.303 e. The van der Waals surface area contributed by atoms with Crippen LogP contribution < -0.4 is 0 Å². The fourth-order valence-corrected chi connectivity index (χ4v) is 1.79. The fraction of sp³-hybridized carbons (Fsp3) is 0.778. The number of carboxylic acids is 4. The lowest BCUT2D eigenvalue weighted by atomic mass is 10.1. The molecule has 0 amide bonds. The van der Waals surface area contributed by atoms with Gasteiger partial charge in [-0.05, 0) is 19.3 Å². The minimum Gasteiger partial charge on any atom is -0.481 e. The van der Waals surface area contributed by atoms with E-state index in [1.165, 1.54) is 32.1 Å². The molecular weight excluding hydrogens is 344 g/mol. The molecule has 0 rings (SSSR count). The first-order chi connectivity index (χ1) is 12.1. The largest absolute Gasteiger partial charge is 0.481 e. The minimum absolute atomic E-state index is 0.0628. The fourth-order valence-electron chi connectivity index (χ4n) is 1.79.